The maximum absolute atomic E-state index is 13.8. The van der Waals surface area contributed by atoms with Gasteiger partial charge in [0.25, 0.3) is 11.6 Å². The maximum Gasteiger partial charge on any atom is 0.335 e. The predicted molar refractivity (Wildman–Crippen MR) is 180 cm³/mol. The first kappa shape index (κ1) is 33.0. The number of nitrogens with zero attached hydrogens (tertiary/aromatic N) is 3. The quantitative estimate of drug-likeness (QED) is 0.0908. The SMILES string of the molecule is CCOc1cc(/C=C2\SC(=Nc3ccc(OC)cc3)N(Cc3ccc(C(=O)O)cc3)C2=O)cc(Cl)c1OCc1cccc([N+](=O)[O-])c1. The molecule has 1 N–H and O–H groups in total. The van der Waals surface area contributed by atoms with Crippen molar-refractivity contribution in [2.24, 2.45) is 4.99 Å². The van der Waals surface area contributed by atoms with Gasteiger partial charge in [-0.3, -0.25) is 19.8 Å². The zero-order valence-electron chi connectivity index (χ0n) is 25.2. The number of non-ortho nitro benzene ring substituents is 1. The van der Waals surface area contributed by atoms with Crippen molar-refractivity contribution in [2.75, 3.05) is 13.7 Å². The average Bonchev–Trinajstić information content (AvgIpc) is 3.34. The molecule has 5 rings (SSSR count). The van der Waals surface area contributed by atoms with Crippen LogP contribution in [0.4, 0.5) is 11.4 Å². The number of methoxy groups -OCH3 is 1. The smallest absolute Gasteiger partial charge is 0.335 e. The van der Waals surface area contributed by atoms with Crippen LogP contribution in [0.5, 0.6) is 17.2 Å². The molecule has 240 valence electrons. The summed E-state index contributed by atoms with van der Waals surface area (Å²) in [5.41, 5.74) is 2.58. The van der Waals surface area contributed by atoms with Gasteiger partial charge in [-0.2, -0.15) is 0 Å². The first-order valence-electron chi connectivity index (χ1n) is 14.2. The number of carbonyl (C=O) groups is 2. The van der Waals surface area contributed by atoms with Gasteiger partial charge in [-0.25, -0.2) is 9.79 Å². The van der Waals surface area contributed by atoms with E-state index in [1.807, 2.05) is 6.92 Å². The Morgan fingerprint density at radius 3 is 2.45 bits per heavy atom. The highest BCUT2D eigenvalue weighted by Crippen LogP contribution is 2.40. The molecule has 4 aromatic rings. The van der Waals surface area contributed by atoms with Crippen LogP contribution in [0.25, 0.3) is 6.08 Å². The van der Waals surface area contributed by atoms with Crippen molar-refractivity contribution in [3.63, 3.8) is 0 Å². The summed E-state index contributed by atoms with van der Waals surface area (Å²) in [4.78, 5) is 42.4. The minimum Gasteiger partial charge on any atom is -0.497 e. The number of nitro groups is 1. The number of thioether (sulfide) groups is 1. The lowest BCUT2D eigenvalue weighted by molar-refractivity contribution is -0.384. The Hall–Kier alpha value is -5.33. The monoisotopic (exact) mass is 673 g/mol. The second-order valence-corrected chi connectivity index (χ2v) is 11.5. The largest absolute Gasteiger partial charge is 0.497 e. The normalized spacial score (nSPS) is 14.4. The fraction of sp³-hybridized carbons (Fsp3) is 0.147. The van der Waals surface area contributed by atoms with Crippen LogP contribution >= 0.6 is 23.4 Å². The van der Waals surface area contributed by atoms with E-state index in [2.05, 4.69) is 0 Å². The van der Waals surface area contributed by atoms with Crippen molar-refractivity contribution < 1.29 is 33.8 Å². The Labute approximate surface area is 279 Å². The third-order valence-electron chi connectivity index (χ3n) is 6.86. The molecule has 47 heavy (non-hydrogen) atoms. The summed E-state index contributed by atoms with van der Waals surface area (Å²) in [5, 5.41) is 21.1. The van der Waals surface area contributed by atoms with E-state index in [1.165, 1.54) is 40.9 Å². The van der Waals surface area contributed by atoms with Crippen LogP contribution < -0.4 is 14.2 Å². The molecule has 11 nitrogen and oxygen atoms in total. The molecule has 1 fully saturated rings. The summed E-state index contributed by atoms with van der Waals surface area (Å²) in [6, 6.07) is 22.8. The van der Waals surface area contributed by atoms with Crippen LogP contribution in [-0.4, -0.2) is 45.7 Å². The third-order valence-corrected chi connectivity index (χ3v) is 8.15. The fourth-order valence-electron chi connectivity index (χ4n) is 4.57. The van der Waals surface area contributed by atoms with Gasteiger partial charge in [-0.1, -0.05) is 35.9 Å². The van der Waals surface area contributed by atoms with Gasteiger partial charge in [0.1, 0.15) is 12.4 Å². The molecule has 1 amide bonds. The molecule has 0 bridgehead atoms. The van der Waals surface area contributed by atoms with Gasteiger partial charge in [-0.15, -0.1) is 0 Å². The number of carboxylic acid groups (broad SMARTS) is 1. The van der Waals surface area contributed by atoms with E-state index in [0.29, 0.717) is 45.0 Å². The highest BCUT2D eigenvalue weighted by molar-refractivity contribution is 8.18. The molecular weight excluding hydrogens is 646 g/mol. The van der Waals surface area contributed by atoms with E-state index in [1.54, 1.807) is 73.8 Å². The average molecular weight is 674 g/mol. The molecule has 0 unspecified atom stereocenters. The Morgan fingerprint density at radius 1 is 1.04 bits per heavy atom. The van der Waals surface area contributed by atoms with E-state index in [9.17, 15) is 24.8 Å². The van der Waals surface area contributed by atoms with Crippen molar-refractivity contribution >= 4 is 57.9 Å². The van der Waals surface area contributed by atoms with Crippen molar-refractivity contribution in [2.45, 2.75) is 20.1 Å². The molecule has 1 aliphatic rings. The Kier molecular flexibility index (Phi) is 10.4. The number of rotatable bonds is 12. The standard InChI is InChI=1S/C34H28ClN3O8S/c1-3-45-29-17-23(16-28(35)31(29)46-20-22-5-4-6-26(15-22)38(42)43)18-30-32(39)37(19-21-7-9-24(10-8-21)33(40)41)34(47-30)36-25-11-13-27(44-2)14-12-25/h4-18H,3,19-20H2,1-2H3,(H,40,41)/b30-18-,36-34?. The van der Waals surface area contributed by atoms with Gasteiger partial charge < -0.3 is 19.3 Å². The number of aromatic carboxylic acids is 1. The summed E-state index contributed by atoms with van der Waals surface area (Å²) < 4.78 is 17.0. The van der Waals surface area contributed by atoms with E-state index in [0.717, 1.165) is 5.56 Å². The number of aliphatic imine (C=N–C) groups is 1. The number of amidine groups is 1. The number of benzene rings is 4. The second-order valence-electron chi connectivity index (χ2n) is 10.1. The summed E-state index contributed by atoms with van der Waals surface area (Å²) in [5.74, 6) is -0.0675. The van der Waals surface area contributed by atoms with Gasteiger partial charge in [0.05, 0.1) is 46.4 Å². The zero-order chi connectivity index (χ0) is 33.5. The topological polar surface area (TPSA) is 141 Å². The second kappa shape index (κ2) is 14.8. The molecule has 4 aromatic carbocycles. The van der Waals surface area contributed by atoms with Crippen LogP contribution in [0.1, 0.15) is 34.0 Å². The zero-order valence-corrected chi connectivity index (χ0v) is 26.8. The maximum atomic E-state index is 13.8. The lowest BCUT2D eigenvalue weighted by Crippen LogP contribution is -2.28. The number of nitro benzene ring substituents is 1. The lowest BCUT2D eigenvalue weighted by atomic mass is 10.1. The highest BCUT2D eigenvalue weighted by atomic mass is 35.5. The molecule has 13 heteroatoms. The molecule has 0 saturated carbocycles. The highest BCUT2D eigenvalue weighted by Gasteiger charge is 2.34. The third kappa shape index (κ3) is 8.10. The molecule has 0 radical (unpaired) electrons. The van der Waals surface area contributed by atoms with Crippen molar-refractivity contribution in [1.29, 1.82) is 0 Å². The first-order valence-corrected chi connectivity index (χ1v) is 15.4. The Bertz CT molecular complexity index is 1880. The van der Waals surface area contributed by atoms with Crippen LogP contribution in [-0.2, 0) is 17.9 Å². The predicted octanol–water partition coefficient (Wildman–Crippen LogP) is 7.74. The van der Waals surface area contributed by atoms with Crippen molar-refractivity contribution in [3.05, 3.63) is 127 Å². The van der Waals surface area contributed by atoms with Gasteiger partial charge >= 0.3 is 5.97 Å². The molecule has 1 aliphatic heterocycles. The number of ether oxygens (including phenoxy) is 3. The molecule has 0 atom stereocenters. The van der Waals surface area contributed by atoms with Crippen molar-refractivity contribution in [1.82, 2.24) is 4.90 Å². The van der Waals surface area contributed by atoms with Gasteiger partial charge in [-0.05, 0) is 90.0 Å². The molecule has 1 saturated heterocycles. The number of hydrogen-bond donors (Lipinski definition) is 1. The number of carbonyl (C=O) groups excluding carboxylic acids is 1. The fourth-order valence-corrected chi connectivity index (χ4v) is 5.85. The number of halogens is 1. The van der Waals surface area contributed by atoms with E-state index < -0.39 is 10.9 Å². The van der Waals surface area contributed by atoms with Gasteiger partial charge in [0.15, 0.2) is 16.7 Å². The minimum absolute atomic E-state index is 0.0177. The molecular formula is C34H28ClN3O8S. The molecule has 0 aliphatic carbocycles. The Morgan fingerprint density at radius 2 is 1.79 bits per heavy atom. The van der Waals surface area contributed by atoms with E-state index in [4.69, 9.17) is 30.8 Å². The van der Waals surface area contributed by atoms with Gasteiger partial charge in [0, 0.05) is 12.1 Å². The summed E-state index contributed by atoms with van der Waals surface area (Å²) in [6.07, 6.45) is 1.68. The summed E-state index contributed by atoms with van der Waals surface area (Å²) in [7, 11) is 1.57. The Balaban J connectivity index is 1.45. The number of hydrogen-bond acceptors (Lipinski definition) is 9. The van der Waals surface area contributed by atoms with E-state index in [-0.39, 0.29) is 41.1 Å². The summed E-state index contributed by atoms with van der Waals surface area (Å²) in [6.45, 7) is 2.30. The minimum atomic E-state index is -1.04. The molecule has 0 aromatic heterocycles. The lowest BCUT2D eigenvalue weighted by Gasteiger charge is -2.16. The summed E-state index contributed by atoms with van der Waals surface area (Å²) >= 11 is 7.84. The molecule has 1 heterocycles. The van der Waals surface area contributed by atoms with Crippen LogP contribution in [0, 0.1) is 10.1 Å². The van der Waals surface area contributed by atoms with Crippen LogP contribution in [0.2, 0.25) is 5.02 Å². The van der Waals surface area contributed by atoms with E-state index >= 15 is 0 Å². The number of carboxylic acids is 1. The number of amides is 1. The molecule has 0 spiro atoms. The van der Waals surface area contributed by atoms with Crippen LogP contribution in [0.3, 0.4) is 0 Å². The first-order chi connectivity index (χ1) is 22.6. The van der Waals surface area contributed by atoms with Crippen molar-refractivity contribution in [3.8, 4) is 17.2 Å². The van der Waals surface area contributed by atoms with Crippen LogP contribution in [0.15, 0.2) is 94.8 Å². The van der Waals surface area contributed by atoms with Gasteiger partial charge in [0.2, 0.25) is 0 Å².